The van der Waals surface area contributed by atoms with E-state index in [4.69, 9.17) is 4.74 Å². The van der Waals surface area contributed by atoms with E-state index < -0.39 is 0 Å². The zero-order valence-electron chi connectivity index (χ0n) is 7.20. The van der Waals surface area contributed by atoms with Crippen LogP contribution >= 0.6 is 21.6 Å². The van der Waals surface area contributed by atoms with Gasteiger partial charge in [0.15, 0.2) is 0 Å². The van der Waals surface area contributed by atoms with Gasteiger partial charge in [0.05, 0.1) is 13.2 Å². The first-order chi connectivity index (χ1) is 5.93. The topological polar surface area (TPSA) is 12.5 Å². The lowest BCUT2D eigenvalue weighted by Gasteiger charge is -2.25. The first-order valence-electron chi connectivity index (χ1n) is 4.13. The molecule has 0 bridgehead atoms. The van der Waals surface area contributed by atoms with Crippen molar-refractivity contribution >= 4 is 21.6 Å². The molecule has 1 aliphatic heterocycles. The quantitative estimate of drug-likeness (QED) is 0.501. The fourth-order valence-electron chi connectivity index (χ4n) is 1.09. The highest BCUT2D eigenvalue weighted by Gasteiger charge is 2.08. The first-order valence-corrected chi connectivity index (χ1v) is 6.51. The van der Waals surface area contributed by atoms with Crippen LogP contribution in [0.2, 0.25) is 0 Å². The Morgan fingerprint density at radius 3 is 2.83 bits per heavy atom. The van der Waals surface area contributed by atoms with Gasteiger partial charge in [0.1, 0.15) is 0 Å². The molecule has 70 valence electrons. The van der Waals surface area contributed by atoms with Crippen molar-refractivity contribution in [2.75, 3.05) is 38.6 Å². The summed E-state index contributed by atoms with van der Waals surface area (Å²) in [7, 11) is 3.58. The molecule has 0 aliphatic carbocycles. The van der Waals surface area contributed by atoms with E-state index in [1.165, 1.54) is 12.3 Å². The number of rotatable bonds is 5. The average molecular weight is 205 g/mol. The van der Waals surface area contributed by atoms with Gasteiger partial charge in [0, 0.05) is 25.4 Å². The highest BCUT2D eigenvalue weighted by molar-refractivity contribution is 8.77. The Labute approximate surface area is 82.1 Å². The molecule has 0 aromatic carbocycles. The van der Waals surface area contributed by atoms with Crippen molar-refractivity contribution in [1.29, 1.82) is 0 Å². The van der Waals surface area contributed by atoms with Crippen molar-refractivity contribution in [3.05, 3.63) is 12.0 Å². The highest BCUT2D eigenvalue weighted by Crippen LogP contribution is 2.21. The molecule has 2 nitrogen and oxygen atoms in total. The molecule has 12 heavy (non-hydrogen) atoms. The molecule has 0 aromatic heterocycles. The Bertz CT molecular complexity index is 126. The van der Waals surface area contributed by atoms with Crippen LogP contribution in [-0.4, -0.2) is 43.5 Å². The van der Waals surface area contributed by atoms with Crippen LogP contribution in [0.15, 0.2) is 12.0 Å². The highest BCUT2D eigenvalue weighted by atomic mass is 33.1. The normalized spacial score (nSPS) is 19.3. The molecule has 0 unspecified atom stereocenters. The number of nitrogens with zero attached hydrogens (tertiary/aromatic N) is 1. The van der Waals surface area contributed by atoms with Crippen molar-refractivity contribution in [2.24, 2.45) is 0 Å². The third kappa shape index (κ3) is 4.40. The van der Waals surface area contributed by atoms with E-state index in [9.17, 15) is 0 Å². The standard InChI is InChI=1S/C8H15NOS2/c1-2-11-12-8-5-9-3-6-10-7-4-9/h2H,1,3-8H2. The van der Waals surface area contributed by atoms with Gasteiger partial charge in [0.25, 0.3) is 0 Å². The second kappa shape index (κ2) is 6.83. The van der Waals surface area contributed by atoms with Crippen LogP contribution in [0.5, 0.6) is 0 Å². The van der Waals surface area contributed by atoms with Gasteiger partial charge in [-0.3, -0.25) is 4.90 Å². The maximum Gasteiger partial charge on any atom is 0.0594 e. The van der Waals surface area contributed by atoms with Crippen molar-refractivity contribution in [3.63, 3.8) is 0 Å². The molecule has 1 heterocycles. The van der Waals surface area contributed by atoms with E-state index in [1.807, 2.05) is 16.2 Å². The zero-order chi connectivity index (χ0) is 8.65. The van der Waals surface area contributed by atoms with Crippen LogP contribution < -0.4 is 0 Å². The fraction of sp³-hybridized carbons (Fsp3) is 0.750. The summed E-state index contributed by atoms with van der Waals surface area (Å²) in [5.74, 6) is 1.18. The Kier molecular flexibility index (Phi) is 5.94. The van der Waals surface area contributed by atoms with Crippen LogP contribution in [0.1, 0.15) is 0 Å². The van der Waals surface area contributed by atoms with Gasteiger partial charge in [0.2, 0.25) is 0 Å². The molecular formula is C8H15NOS2. The molecule has 1 saturated heterocycles. The predicted molar refractivity (Wildman–Crippen MR) is 57.5 cm³/mol. The maximum absolute atomic E-state index is 5.26. The van der Waals surface area contributed by atoms with Crippen molar-refractivity contribution in [2.45, 2.75) is 0 Å². The second-order valence-electron chi connectivity index (χ2n) is 2.54. The molecule has 0 radical (unpaired) electrons. The fourth-order valence-corrected chi connectivity index (χ4v) is 2.41. The average Bonchev–Trinajstić information content (AvgIpc) is 2.14. The van der Waals surface area contributed by atoms with Crippen molar-refractivity contribution in [1.82, 2.24) is 4.90 Å². The third-order valence-corrected chi connectivity index (χ3v) is 3.67. The number of ether oxygens (including phenoxy) is 1. The van der Waals surface area contributed by atoms with E-state index in [0.29, 0.717) is 0 Å². The molecule has 1 fully saturated rings. The Morgan fingerprint density at radius 2 is 2.17 bits per heavy atom. The summed E-state index contributed by atoms with van der Waals surface area (Å²) in [6.07, 6.45) is 0. The van der Waals surface area contributed by atoms with E-state index >= 15 is 0 Å². The number of morpholine rings is 1. The van der Waals surface area contributed by atoms with E-state index in [0.717, 1.165) is 26.3 Å². The van der Waals surface area contributed by atoms with Gasteiger partial charge < -0.3 is 4.74 Å². The minimum atomic E-state index is 0.902. The summed E-state index contributed by atoms with van der Waals surface area (Å²) in [5.41, 5.74) is 0. The van der Waals surface area contributed by atoms with Gasteiger partial charge >= 0.3 is 0 Å². The SMILES string of the molecule is C=CSSCCN1CCOCC1. The lowest BCUT2D eigenvalue weighted by molar-refractivity contribution is 0.0410. The predicted octanol–water partition coefficient (Wildman–Crippen LogP) is 1.84. The second-order valence-corrected chi connectivity index (χ2v) is 4.99. The summed E-state index contributed by atoms with van der Waals surface area (Å²) in [6, 6.07) is 0. The number of hydrogen-bond acceptors (Lipinski definition) is 4. The molecule has 0 amide bonds. The Morgan fingerprint density at radius 1 is 1.42 bits per heavy atom. The van der Waals surface area contributed by atoms with Crippen LogP contribution in [0, 0.1) is 0 Å². The minimum Gasteiger partial charge on any atom is -0.379 e. The zero-order valence-corrected chi connectivity index (χ0v) is 8.83. The summed E-state index contributed by atoms with van der Waals surface area (Å²) in [4.78, 5) is 2.44. The Balaban J connectivity index is 1.94. The smallest absolute Gasteiger partial charge is 0.0594 e. The molecule has 1 rings (SSSR count). The maximum atomic E-state index is 5.26. The molecule has 0 saturated carbocycles. The van der Waals surface area contributed by atoms with Gasteiger partial charge in [-0.25, -0.2) is 0 Å². The van der Waals surface area contributed by atoms with Crippen LogP contribution in [0.3, 0.4) is 0 Å². The van der Waals surface area contributed by atoms with Crippen LogP contribution in [0.25, 0.3) is 0 Å². The third-order valence-electron chi connectivity index (χ3n) is 1.73. The molecular weight excluding hydrogens is 190 g/mol. The van der Waals surface area contributed by atoms with Gasteiger partial charge in [-0.1, -0.05) is 28.2 Å². The van der Waals surface area contributed by atoms with Crippen LogP contribution in [-0.2, 0) is 4.74 Å². The summed E-state index contributed by atoms with van der Waals surface area (Å²) >= 11 is 0. The van der Waals surface area contributed by atoms with E-state index in [2.05, 4.69) is 11.5 Å². The van der Waals surface area contributed by atoms with Crippen molar-refractivity contribution < 1.29 is 4.74 Å². The molecule has 0 spiro atoms. The van der Waals surface area contributed by atoms with Gasteiger partial charge in [-0.05, 0) is 5.41 Å². The first kappa shape index (κ1) is 10.4. The Hall–Kier alpha value is 0.360. The summed E-state index contributed by atoms with van der Waals surface area (Å²) in [5, 5.41) is 1.88. The van der Waals surface area contributed by atoms with E-state index in [1.54, 1.807) is 10.8 Å². The molecule has 0 N–H and O–H groups in total. The van der Waals surface area contributed by atoms with E-state index in [-0.39, 0.29) is 0 Å². The molecule has 4 heteroatoms. The summed E-state index contributed by atoms with van der Waals surface area (Å²) < 4.78 is 5.26. The summed E-state index contributed by atoms with van der Waals surface area (Å²) in [6.45, 7) is 8.83. The molecule has 1 aliphatic rings. The number of hydrogen-bond donors (Lipinski definition) is 0. The molecule has 0 atom stereocenters. The monoisotopic (exact) mass is 205 g/mol. The molecule has 0 aromatic rings. The lowest BCUT2D eigenvalue weighted by atomic mass is 10.4. The van der Waals surface area contributed by atoms with Crippen molar-refractivity contribution in [3.8, 4) is 0 Å². The minimum absolute atomic E-state index is 0.902. The van der Waals surface area contributed by atoms with Gasteiger partial charge in [-0.15, -0.1) is 0 Å². The largest absolute Gasteiger partial charge is 0.379 e. The lowest BCUT2D eigenvalue weighted by Crippen LogP contribution is -2.37. The van der Waals surface area contributed by atoms with Gasteiger partial charge in [-0.2, -0.15) is 0 Å². The van der Waals surface area contributed by atoms with Crippen LogP contribution in [0.4, 0.5) is 0 Å².